The SMILES string of the molecule is C[C@H]1CCCN(CCCOc2ccc(NC(=O)C3(c4ccccc4)CCCC3)cc2)C1. The van der Waals surface area contributed by atoms with Crippen molar-refractivity contribution < 1.29 is 9.53 Å². The van der Waals surface area contributed by atoms with Gasteiger partial charge in [-0.3, -0.25) is 4.79 Å². The second-order valence-corrected chi connectivity index (χ2v) is 9.38. The van der Waals surface area contributed by atoms with Crippen LogP contribution in [-0.2, 0) is 10.2 Å². The van der Waals surface area contributed by atoms with Crippen molar-refractivity contribution in [2.75, 3.05) is 31.6 Å². The third-order valence-corrected chi connectivity index (χ3v) is 6.96. The van der Waals surface area contributed by atoms with Crippen molar-refractivity contribution in [2.45, 2.75) is 57.3 Å². The molecule has 4 heteroatoms. The minimum absolute atomic E-state index is 0.112. The Morgan fingerprint density at radius 3 is 2.52 bits per heavy atom. The Morgan fingerprint density at radius 2 is 1.81 bits per heavy atom. The van der Waals surface area contributed by atoms with Gasteiger partial charge in [-0.15, -0.1) is 0 Å². The summed E-state index contributed by atoms with van der Waals surface area (Å²) >= 11 is 0. The highest BCUT2D eigenvalue weighted by Crippen LogP contribution is 2.42. The minimum atomic E-state index is -0.400. The number of anilines is 1. The molecule has 1 saturated carbocycles. The molecule has 2 aromatic rings. The lowest BCUT2D eigenvalue weighted by atomic mass is 9.78. The van der Waals surface area contributed by atoms with Crippen LogP contribution in [0.4, 0.5) is 5.69 Å². The van der Waals surface area contributed by atoms with Gasteiger partial charge in [-0.1, -0.05) is 50.1 Å². The highest BCUT2D eigenvalue weighted by Gasteiger charge is 2.42. The van der Waals surface area contributed by atoms with Crippen LogP contribution in [0.25, 0.3) is 0 Å². The molecule has 0 bridgehead atoms. The molecule has 2 fully saturated rings. The molecule has 4 rings (SSSR count). The molecule has 1 heterocycles. The highest BCUT2D eigenvalue weighted by molar-refractivity contribution is 5.99. The molecule has 1 saturated heterocycles. The molecule has 1 atom stereocenters. The van der Waals surface area contributed by atoms with Gasteiger partial charge in [0.15, 0.2) is 0 Å². The molecule has 1 aliphatic heterocycles. The van der Waals surface area contributed by atoms with Crippen LogP contribution in [0.1, 0.15) is 57.4 Å². The van der Waals surface area contributed by atoms with E-state index in [0.29, 0.717) is 0 Å². The molecular formula is C27H36N2O2. The molecule has 0 aromatic heterocycles. The highest BCUT2D eigenvalue weighted by atomic mass is 16.5. The zero-order valence-electron chi connectivity index (χ0n) is 18.8. The van der Waals surface area contributed by atoms with E-state index in [2.05, 4.69) is 29.3 Å². The number of nitrogens with one attached hydrogen (secondary N) is 1. The molecule has 1 N–H and O–H groups in total. The van der Waals surface area contributed by atoms with Gasteiger partial charge in [0, 0.05) is 18.8 Å². The number of likely N-dealkylation sites (tertiary alicyclic amines) is 1. The van der Waals surface area contributed by atoms with Gasteiger partial charge in [0.05, 0.1) is 12.0 Å². The van der Waals surface area contributed by atoms with Crippen LogP contribution in [0.5, 0.6) is 5.75 Å². The number of rotatable bonds is 8. The summed E-state index contributed by atoms with van der Waals surface area (Å²) in [7, 11) is 0. The second-order valence-electron chi connectivity index (χ2n) is 9.38. The Balaban J connectivity index is 1.27. The molecule has 2 aliphatic rings. The Kier molecular flexibility index (Phi) is 7.29. The summed E-state index contributed by atoms with van der Waals surface area (Å²) < 4.78 is 5.93. The van der Waals surface area contributed by atoms with E-state index in [4.69, 9.17) is 4.74 Å². The minimum Gasteiger partial charge on any atom is -0.494 e. The van der Waals surface area contributed by atoms with Gasteiger partial charge in [-0.2, -0.15) is 0 Å². The fourth-order valence-corrected chi connectivity index (χ4v) is 5.24. The van der Waals surface area contributed by atoms with Gasteiger partial charge in [-0.05, 0) is 74.4 Å². The maximum absolute atomic E-state index is 13.3. The van der Waals surface area contributed by atoms with Crippen LogP contribution in [0, 0.1) is 5.92 Å². The van der Waals surface area contributed by atoms with E-state index in [9.17, 15) is 4.79 Å². The van der Waals surface area contributed by atoms with Gasteiger partial charge in [0.25, 0.3) is 0 Å². The standard InChI is InChI=1S/C27H36N2O2/c1-22-9-7-18-29(21-22)19-8-20-31-25-14-12-24(13-15-25)28-26(30)27(16-5-6-17-27)23-10-3-2-4-11-23/h2-4,10-15,22H,5-9,16-21H2,1H3,(H,28,30)/t22-/m0/s1. The average molecular weight is 421 g/mol. The first-order valence-electron chi connectivity index (χ1n) is 12.0. The second kappa shape index (κ2) is 10.3. The third-order valence-electron chi connectivity index (χ3n) is 6.96. The zero-order valence-corrected chi connectivity index (χ0v) is 18.8. The van der Waals surface area contributed by atoms with Crippen LogP contribution in [0.15, 0.2) is 54.6 Å². The lowest BCUT2D eigenvalue weighted by Crippen LogP contribution is -2.37. The molecule has 1 aliphatic carbocycles. The summed E-state index contributed by atoms with van der Waals surface area (Å²) in [6.07, 6.45) is 7.77. The first-order chi connectivity index (χ1) is 15.2. The Labute approximate surface area is 187 Å². The van der Waals surface area contributed by atoms with E-state index >= 15 is 0 Å². The van der Waals surface area contributed by atoms with E-state index in [0.717, 1.165) is 68.2 Å². The Bertz CT molecular complexity index is 828. The predicted octanol–water partition coefficient (Wildman–Crippen LogP) is 5.64. The molecule has 0 unspecified atom stereocenters. The first kappa shape index (κ1) is 21.9. The molecule has 31 heavy (non-hydrogen) atoms. The van der Waals surface area contributed by atoms with E-state index < -0.39 is 5.41 Å². The third kappa shape index (κ3) is 5.48. The fraction of sp³-hybridized carbons (Fsp3) is 0.519. The number of ether oxygens (including phenoxy) is 1. The van der Waals surface area contributed by atoms with Crippen LogP contribution < -0.4 is 10.1 Å². The number of nitrogens with zero attached hydrogens (tertiary/aromatic N) is 1. The van der Waals surface area contributed by atoms with Crippen molar-refractivity contribution in [1.82, 2.24) is 4.90 Å². The summed E-state index contributed by atoms with van der Waals surface area (Å²) in [5.74, 6) is 1.80. The number of carbonyl (C=O) groups is 1. The maximum atomic E-state index is 13.3. The lowest BCUT2D eigenvalue weighted by Gasteiger charge is -2.30. The van der Waals surface area contributed by atoms with Crippen LogP contribution >= 0.6 is 0 Å². The lowest BCUT2D eigenvalue weighted by molar-refractivity contribution is -0.121. The molecule has 0 spiro atoms. The number of hydrogen-bond donors (Lipinski definition) is 1. The number of piperidine rings is 1. The van der Waals surface area contributed by atoms with Gasteiger partial charge < -0.3 is 15.0 Å². The van der Waals surface area contributed by atoms with E-state index in [1.54, 1.807) is 0 Å². The Hall–Kier alpha value is -2.33. The normalized spacial score (nSPS) is 21.0. The van der Waals surface area contributed by atoms with E-state index in [-0.39, 0.29) is 5.91 Å². The molecule has 2 aromatic carbocycles. The van der Waals surface area contributed by atoms with Crippen molar-refractivity contribution in [3.63, 3.8) is 0 Å². The monoisotopic (exact) mass is 420 g/mol. The summed E-state index contributed by atoms with van der Waals surface area (Å²) in [5, 5.41) is 3.16. The van der Waals surface area contributed by atoms with Gasteiger partial charge in [0.1, 0.15) is 5.75 Å². The van der Waals surface area contributed by atoms with Crippen LogP contribution in [0.2, 0.25) is 0 Å². The summed E-state index contributed by atoms with van der Waals surface area (Å²) in [5.41, 5.74) is 1.57. The summed E-state index contributed by atoms with van der Waals surface area (Å²) in [6.45, 7) is 6.63. The number of hydrogen-bond acceptors (Lipinski definition) is 3. The van der Waals surface area contributed by atoms with Gasteiger partial charge in [0.2, 0.25) is 5.91 Å². The molecule has 166 valence electrons. The largest absolute Gasteiger partial charge is 0.494 e. The smallest absolute Gasteiger partial charge is 0.235 e. The quantitative estimate of drug-likeness (QED) is 0.562. The molecular weight excluding hydrogens is 384 g/mol. The maximum Gasteiger partial charge on any atom is 0.235 e. The van der Waals surface area contributed by atoms with E-state index in [1.807, 2.05) is 42.5 Å². The zero-order chi connectivity index (χ0) is 21.5. The van der Waals surface area contributed by atoms with Crippen molar-refractivity contribution in [3.05, 3.63) is 60.2 Å². The Morgan fingerprint density at radius 1 is 1.06 bits per heavy atom. The van der Waals surface area contributed by atoms with Crippen LogP contribution in [0.3, 0.4) is 0 Å². The van der Waals surface area contributed by atoms with Crippen molar-refractivity contribution in [2.24, 2.45) is 5.92 Å². The van der Waals surface area contributed by atoms with Crippen molar-refractivity contribution in [3.8, 4) is 5.75 Å². The van der Waals surface area contributed by atoms with Gasteiger partial charge >= 0.3 is 0 Å². The topological polar surface area (TPSA) is 41.6 Å². The average Bonchev–Trinajstić information content (AvgIpc) is 3.30. The summed E-state index contributed by atoms with van der Waals surface area (Å²) in [6, 6.07) is 18.1. The molecule has 4 nitrogen and oxygen atoms in total. The number of amides is 1. The molecule has 0 radical (unpaired) electrons. The first-order valence-corrected chi connectivity index (χ1v) is 12.0. The predicted molar refractivity (Wildman–Crippen MR) is 127 cm³/mol. The summed E-state index contributed by atoms with van der Waals surface area (Å²) in [4.78, 5) is 15.8. The fourth-order valence-electron chi connectivity index (χ4n) is 5.24. The van der Waals surface area contributed by atoms with Crippen molar-refractivity contribution >= 4 is 11.6 Å². The van der Waals surface area contributed by atoms with Crippen molar-refractivity contribution in [1.29, 1.82) is 0 Å². The molecule has 1 amide bonds. The van der Waals surface area contributed by atoms with E-state index in [1.165, 1.54) is 25.9 Å². The van der Waals surface area contributed by atoms with Gasteiger partial charge in [-0.25, -0.2) is 0 Å². The van der Waals surface area contributed by atoms with Crippen LogP contribution in [-0.4, -0.2) is 37.0 Å². The number of carbonyl (C=O) groups excluding carboxylic acids is 1. The number of benzene rings is 2.